The molecule has 140 valence electrons. The molecule has 6 heteroatoms. The highest BCUT2D eigenvalue weighted by molar-refractivity contribution is 5.80. The van der Waals surface area contributed by atoms with Gasteiger partial charge in [0.15, 0.2) is 5.96 Å². The van der Waals surface area contributed by atoms with E-state index in [1.165, 1.54) is 5.69 Å². The van der Waals surface area contributed by atoms with Crippen LogP contribution >= 0.6 is 0 Å². The highest BCUT2D eigenvalue weighted by Gasteiger charge is 2.20. The van der Waals surface area contributed by atoms with Gasteiger partial charge in [-0.2, -0.15) is 0 Å². The minimum absolute atomic E-state index is 0.836. The second kappa shape index (κ2) is 10.1. The zero-order chi connectivity index (χ0) is 18.1. The Hall–Kier alpha value is -1.95. The summed E-state index contributed by atoms with van der Waals surface area (Å²) in [6.45, 7) is 12.0. The van der Waals surface area contributed by atoms with Crippen LogP contribution in [0.4, 0.5) is 5.69 Å². The lowest BCUT2D eigenvalue weighted by Gasteiger charge is -2.37. The average molecular weight is 348 g/mol. The predicted octanol–water partition coefficient (Wildman–Crippen LogP) is 1.73. The molecule has 0 aromatic heterocycles. The Morgan fingerprint density at radius 1 is 1.24 bits per heavy atom. The Morgan fingerprint density at radius 2 is 2.00 bits per heavy atom. The van der Waals surface area contributed by atoms with E-state index in [9.17, 15) is 0 Å². The molecule has 1 heterocycles. The first-order chi connectivity index (χ1) is 12.2. The normalized spacial score (nSPS) is 15.6. The summed E-state index contributed by atoms with van der Waals surface area (Å²) < 4.78 is 5.34. The number of likely N-dealkylation sites (N-methyl/N-ethyl adjacent to an activating group) is 1. The van der Waals surface area contributed by atoms with Crippen LogP contribution in [-0.2, 0) is 0 Å². The van der Waals surface area contributed by atoms with E-state index >= 15 is 0 Å². The predicted molar refractivity (Wildman–Crippen MR) is 106 cm³/mol. The minimum Gasteiger partial charge on any atom is -0.497 e. The largest absolute Gasteiger partial charge is 0.497 e. The number of nitrogens with one attached hydrogen (secondary N) is 1. The van der Waals surface area contributed by atoms with Gasteiger partial charge in [-0.3, -0.25) is 4.99 Å². The van der Waals surface area contributed by atoms with Crippen molar-refractivity contribution in [1.82, 2.24) is 15.1 Å². The number of hydrogen-bond donors (Lipinski definition) is 1. The van der Waals surface area contributed by atoms with Gasteiger partial charge in [-0.15, -0.1) is 0 Å². The molecule has 1 aliphatic rings. The number of benzene rings is 1. The highest BCUT2D eigenvalue weighted by atomic mass is 16.5. The number of piperazine rings is 1. The molecular weight excluding hydrogens is 314 g/mol. The Morgan fingerprint density at radius 3 is 2.64 bits per heavy atom. The Kier molecular flexibility index (Phi) is 7.85. The lowest BCUT2D eigenvalue weighted by molar-refractivity contribution is 0.354. The zero-order valence-electron chi connectivity index (χ0n) is 16.2. The fourth-order valence-corrected chi connectivity index (χ4v) is 2.89. The van der Waals surface area contributed by atoms with Crippen LogP contribution in [-0.4, -0.2) is 82.3 Å². The zero-order valence-corrected chi connectivity index (χ0v) is 16.2. The summed E-state index contributed by atoms with van der Waals surface area (Å²) in [5.41, 5.74) is 1.23. The highest BCUT2D eigenvalue weighted by Crippen LogP contribution is 2.22. The van der Waals surface area contributed by atoms with Crippen molar-refractivity contribution in [3.05, 3.63) is 24.3 Å². The van der Waals surface area contributed by atoms with Crippen molar-refractivity contribution in [2.24, 2.45) is 4.99 Å². The number of ether oxygens (including phenoxy) is 1. The second-order valence-electron chi connectivity index (χ2n) is 6.31. The third-order valence-electron chi connectivity index (χ3n) is 4.62. The molecule has 0 unspecified atom stereocenters. The van der Waals surface area contributed by atoms with Gasteiger partial charge >= 0.3 is 0 Å². The third kappa shape index (κ3) is 5.81. The van der Waals surface area contributed by atoms with Crippen LogP contribution in [0.2, 0.25) is 0 Å². The molecule has 0 radical (unpaired) electrons. The Bertz CT molecular complexity index is 540. The van der Waals surface area contributed by atoms with Crippen LogP contribution in [0.1, 0.15) is 13.8 Å². The van der Waals surface area contributed by atoms with E-state index in [2.05, 4.69) is 59.1 Å². The SMILES string of the molecule is CCNC(=NCCN(C)CC)N1CCN(c2cccc(OC)c2)CC1. The van der Waals surface area contributed by atoms with E-state index in [1.807, 2.05) is 6.07 Å². The van der Waals surface area contributed by atoms with Crippen LogP contribution in [0, 0.1) is 0 Å². The minimum atomic E-state index is 0.836. The molecule has 1 aromatic carbocycles. The quantitative estimate of drug-likeness (QED) is 0.601. The molecule has 0 bridgehead atoms. The first kappa shape index (κ1) is 19.4. The number of aliphatic imine (C=N–C) groups is 1. The molecule has 0 atom stereocenters. The molecule has 2 rings (SSSR count). The van der Waals surface area contributed by atoms with Crippen LogP contribution in [0.15, 0.2) is 29.3 Å². The van der Waals surface area contributed by atoms with Crippen LogP contribution < -0.4 is 15.0 Å². The van der Waals surface area contributed by atoms with Crippen molar-refractivity contribution in [1.29, 1.82) is 0 Å². The summed E-state index contributed by atoms with van der Waals surface area (Å²) in [6.07, 6.45) is 0. The summed E-state index contributed by atoms with van der Waals surface area (Å²) in [4.78, 5) is 11.9. The fraction of sp³-hybridized carbons (Fsp3) is 0.632. The van der Waals surface area contributed by atoms with Crippen molar-refractivity contribution in [2.75, 3.05) is 71.4 Å². The van der Waals surface area contributed by atoms with Gasteiger partial charge in [-0.05, 0) is 32.6 Å². The number of hydrogen-bond acceptors (Lipinski definition) is 4. The first-order valence-corrected chi connectivity index (χ1v) is 9.28. The van der Waals surface area contributed by atoms with Gasteiger partial charge in [0.25, 0.3) is 0 Å². The summed E-state index contributed by atoms with van der Waals surface area (Å²) >= 11 is 0. The lowest BCUT2D eigenvalue weighted by Crippen LogP contribution is -2.52. The lowest BCUT2D eigenvalue weighted by atomic mass is 10.2. The van der Waals surface area contributed by atoms with E-state index < -0.39 is 0 Å². The number of anilines is 1. The molecular formula is C19H33N5O. The molecule has 0 spiro atoms. The maximum Gasteiger partial charge on any atom is 0.194 e. The molecule has 6 nitrogen and oxygen atoms in total. The monoisotopic (exact) mass is 347 g/mol. The smallest absolute Gasteiger partial charge is 0.194 e. The molecule has 1 saturated heterocycles. The standard InChI is InChI=1S/C19H33N5O/c1-5-20-19(21-10-11-22(3)6-2)24-14-12-23(13-15-24)17-8-7-9-18(16-17)25-4/h7-9,16H,5-6,10-15H2,1-4H3,(H,20,21). The third-order valence-corrected chi connectivity index (χ3v) is 4.62. The van der Waals surface area contributed by atoms with Gasteiger partial charge in [0.2, 0.25) is 0 Å². The van der Waals surface area contributed by atoms with Crippen LogP contribution in [0.5, 0.6) is 5.75 Å². The number of nitrogens with zero attached hydrogens (tertiary/aromatic N) is 4. The maximum absolute atomic E-state index is 5.34. The van der Waals surface area contributed by atoms with Gasteiger partial charge in [-0.1, -0.05) is 13.0 Å². The molecule has 25 heavy (non-hydrogen) atoms. The van der Waals surface area contributed by atoms with E-state index in [1.54, 1.807) is 7.11 Å². The van der Waals surface area contributed by atoms with Gasteiger partial charge < -0.3 is 24.8 Å². The van der Waals surface area contributed by atoms with E-state index in [0.717, 1.165) is 64.1 Å². The Balaban J connectivity index is 1.92. The van der Waals surface area contributed by atoms with Crippen molar-refractivity contribution in [3.63, 3.8) is 0 Å². The topological polar surface area (TPSA) is 43.3 Å². The Labute approximate surface area is 152 Å². The molecule has 0 aliphatic carbocycles. The van der Waals surface area contributed by atoms with Gasteiger partial charge in [0.1, 0.15) is 5.75 Å². The van der Waals surface area contributed by atoms with Crippen molar-refractivity contribution in [2.45, 2.75) is 13.8 Å². The molecule has 1 fully saturated rings. The van der Waals surface area contributed by atoms with E-state index in [0.29, 0.717) is 0 Å². The number of methoxy groups -OCH3 is 1. The van der Waals surface area contributed by atoms with Crippen LogP contribution in [0.25, 0.3) is 0 Å². The maximum atomic E-state index is 5.34. The molecule has 1 aromatic rings. The summed E-state index contributed by atoms with van der Waals surface area (Å²) in [7, 11) is 3.85. The average Bonchev–Trinajstić information content (AvgIpc) is 2.67. The molecule has 0 saturated carbocycles. The first-order valence-electron chi connectivity index (χ1n) is 9.28. The number of guanidine groups is 1. The second-order valence-corrected chi connectivity index (χ2v) is 6.31. The van der Waals surface area contributed by atoms with Gasteiger partial charge in [-0.25, -0.2) is 0 Å². The molecule has 1 aliphatic heterocycles. The van der Waals surface area contributed by atoms with Gasteiger partial charge in [0, 0.05) is 51.0 Å². The van der Waals surface area contributed by atoms with Gasteiger partial charge in [0.05, 0.1) is 13.7 Å². The summed E-state index contributed by atoms with van der Waals surface area (Å²) in [6, 6.07) is 8.30. The van der Waals surface area contributed by atoms with Crippen molar-refractivity contribution >= 4 is 11.6 Å². The van der Waals surface area contributed by atoms with E-state index in [-0.39, 0.29) is 0 Å². The van der Waals surface area contributed by atoms with Crippen molar-refractivity contribution in [3.8, 4) is 5.75 Å². The van der Waals surface area contributed by atoms with E-state index in [4.69, 9.17) is 9.73 Å². The fourth-order valence-electron chi connectivity index (χ4n) is 2.89. The summed E-state index contributed by atoms with van der Waals surface area (Å²) in [5.74, 6) is 1.95. The molecule has 1 N–H and O–H groups in total. The summed E-state index contributed by atoms with van der Waals surface area (Å²) in [5, 5.41) is 3.44. The van der Waals surface area contributed by atoms with Crippen molar-refractivity contribution < 1.29 is 4.74 Å². The van der Waals surface area contributed by atoms with Crippen LogP contribution in [0.3, 0.4) is 0 Å². The molecule has 0 amide bonds. The number of rotatable bonds is 7.